The van der Waals surface area contributed by atoms with E-state index in [0.717, 1.165) is 0 Å². The van der Waals surface area contributed by atoms with Crippen LogP contribution in [0.4, 0.5) is 0 Å². The monoisotopic (exact) mass is 387 g/mol. The summed E-state index contributed by atoms with van der Waals surface area (Å²) in [6, 6.07) is 6.53. The molecule has 2 saturated heterocycles. The van der Waals surface area contributed by atoms with Gasteiger partial charge in [-0.1, -0.05) is 0 Å². The summed E-state index contributed by atoms with van der Waals surface area (Å²) < 4.78 is 14.8. The van der Waals surface area contributed by atoms with Crippen LogP contribution in [-0.2, 0) is 23.6 Å². The minimum atomic E-state index is -0.821. The van der Waals surface area contributed by atoms with Gasteiger partial charge in [0.1, 0.15) is 29.7 Å². The van der Waals surface area contributed by atoms with E-state index >= 15 is 0 Å². The third-order valence-corrected chi connectivity index (χ3v) is 5.99. The van der Waals surface area contributed by atoms with Crippen LogP contribution >= 0.6 is 0 Å². The molecule has 0 spiro atoms. The minimum Gasteiger partial charge on any atom is -0.458 e. The first-order valence-corrected chi connectivity index (χ1v) is 9.41. The Morgan fingerprint density at radius 2 is 1.46 bits per heavy atom. The summed E-state index contributed by atoms with van der Waals surface area (Å²) >= 11 is 0. The number of aromatic nitrogens is 2. The van der Waals surface area contributed by atoms with Crippen molar-refractivity contribution in [2.45, 2.75) is 43.2 Å². The number of carbonyl (C=O) groups is 2. The van der Waals surface area contributed by atoms with Crippen molar-refractivity contribution in [2.75, 3.05) is 7.05 Å². The molecule has 4 rings (SSSR count). The number of likely N-dealkylation sites (N-methyl/N-ethyl adjacent to an activating group) is 1. The van der Waals surface area contributed by atoms with Gasteiger partial charge in [-0.15, -0.1) is 0 Å². The van der Waals surface area contributed by atoms with Crippen LogP contribution in [0.5, 0.6) is 0 Å². The van der Waals surface area contributed by atoms with Gasteiger partial charge in [0.15, 0.2) is 0 Å². The molecule has 1 N–H and O–H groups in total. The van der Waals surface area contributed by atoms with Crippen LogP contribution in [-0.4, -0.2) is 68.5 Å². The van der Waals surface area contributed by atoms with Gasteiger partial charge >= 0.3 is 11.9 Å². The smallest absolute Gasteiger partial charge is 0.355 e. The van der Waals surface area contributed by atoms with Crippen LogP contribution in [0.15, 0.2) is 36.7 Å². The fraction of sp³-hybridized carbons (Fsp3) is 0.500. The van der Waals surface area contributed by atoms with Crippen molar-refractivity contribution >= 4 is 11.9 Å². The van der Waals surface area contributed by atoms with Gasteiger partial charge < -0.3 is 23.7 Å². The van der Waals surface area contributed by atoms with Crippen LogP contribution in [0.25, 0.3) is 0 Å². The Hall–Kier alpha value is -2.58. The first-order chi connectivity index (χ1) is 13.4. The number of esters is 2. The Morgan fingerprint density at radius 3 is 2.00 bits per heavy atom. The maximum Gasteiger partial charge on any atom is 0.355 e. The Bertz CT molecular complexity index is 888. The third kappa shape index (κ3) is 3.12. The second-order valence-electron chi connectivity index (χ2n) is 7.67. The highest BCUT2D eigenvalue weighted by Gasteiger charge is 2.54. The lowest BCUT2D eigenvalue weighted by Crippen LogP contribution is -2.46. The maximum absolute atomic E-state index is 12.5. The maximum atomic E-state index is 12.5. The van der Waals surface area contributed by atoms with Gasteiger partial charge in [0.05, 0.1) is 6.04 Å². The molecule has 0 saturated carbocycles. The third-order valence-electron chi connectivity index (χ3n) is 5.99. The zero-order valence-electron chi connectivity index (χ0n) is 16.2. The molecule has 2 aromatic heterocycles. The lowest BCUT2D eigenvalue weighted by Gasteiger charge is -2.36. The van der Waals surface area contributed by atoms with E-state index < -0.39 is 18.2 Å². The molecule has 8 heteroatoms. The number of ether oxygens (including phenoxy) is 2. The second kappa shape index (κ2) is 7.10. The van der Waals surface area contributed by atoms with E-state index in [2.05, 4.69) is 0 Å². The Labute approximate surface area is 163 Å². The van der Waals surface area contributed by atoms with Crippen molar-refractivity contribution in [3.05, 3.63) is 48.0 Å². The number of nitrogens with zero attached hydrogens (tertiary/aromatic N) is 3. The standard InChI is InChI=1S/C20H25N3O5/c1-21-8-4-6-13(21)19(25)27-12-10-15-17(24)18(16(11-12)23(15)3)28-20(26)14-7-5-9-22(14)2/h4-9,12,15-18,24H,10-11H2,1-3H3/t12-,15-,16+,17-,18+/m1/s1. The normalized spacial score (nSPS) is 29.6. The van der Waals surface area contributed by atoms with Crippen molar-refractivity contribution in [1.29, 1.82) is 0 Å². The summed E-state index contributed by atoms with van der Waals surface area (Å²) in [5, 5.41) is 10.8. The molecule has 0 radical (unpaired) electrons. The van der Waals surface area contributed by atoms with Gasteiger partial charge in [0.2, 0.25) is 0 Å². The molecule has 0 amide bonds. The number of rotatable bonds is 4. The number of aliphatic hydroxyl groups excluding tert-OH is 1. The van der Waals surface area contributed by atoms with E-state index in [1.54, 1.807) is 59.9 Å². The SMILES string of the molecule is CN1[C@@H]2C[C@@H](OC(=O)c3cccn3C)C[C@H]1[C@H](OC(=O)c1cccn1C)[C@@H]2O. The number of piperidine rings is 1. The molecular weight excluding hydrogens is 362 g/mol. The highest BCUT2D eigenvalue weighted by molar-refractivity contribution is 5.88. The number of hydrogen-bond acceptors (Lipinski definition) is 6. The summed E-state index contributed by atoms with van der Waals surface area (Å²) in [6.45, 7) is 0. The minimum absolute atomic E-state index is 0.204. The lowest BCUT2D eigenvalue weighted by molar-refractivity contribution is -0.0181. The Balaban J connectivity index is 1.46. The molecule has 5 atom stereocenters. The van der Waals surface area contributed by atoms with E-state index in [-0.39, 0.29) is 24.2 Å². The van der Waals surface area contributed by atoms with Crippen LogP contribution in [0.2, 0.25) is 0 Å². The molecule has 0 aromatic carbocycles. The molecule has 4 heterocycles. The highest BCUT2D eigenvalue weighted by atomic mass is 16.6. The number of hydrogen-bond donors (Lipinski definition) is 1. The van der Waals surface area contributed by atoms with Crippen molar-refractivity contribution in [3.63, 3.8) is 0 Å². The molecule has 2 aliphatic heterocycles. The summed E-state index contributed by atoms with van der Waals surface area (Å²) in [6.07, 6.45) is 2.76. The topological polar surface area (TPSA) is 85.9 Å². The molecule has 2 bridgehead atoms. The molecule has 0 aliphatic carbocycles. The van der Waals surface area contributed by atoms with E-state index in [1.165, 1.54) is 0 Å². The van der Waals surface area contributed by atoms with Crippen LogP contribution in [0.3, 0.4) is 0 Å². The summed E-state index contributed by atoms with van der Waals surface area (Å²) in [5.74, 6) is -0.844. The number of aliphatic hydroxyl groups is 1. The van der Waals surface area contributed by atoms with Gasteiger partial charge in [0, 0.05) is 45.4 Å². The zero-order chi connectivity index (χ0) is 20.0. The van der Waals surface area contributed by atoms with E-state index in [1.807, 2.05) is 11.9 Å². The highest BCUT2D eigenvalue weighted by Crippen LogP contribution is 2.38. The summed E-state index contributed by atoms with van der Waals surface area (Å²) in [4.78, 5) is 27.0. The molecule has 8 nitrogen and oxygen atoms in total. The fourth-order valence-corrected chi connectivity index (χ4v) is 4.39. The summed E-state index contributed by atoms with van der Waals surface area (Å²) in [5.41, 5.74) is 0.918. The fourth-order valence-electron chi connectivity index (χ4n) is 4.39. The Morgan fingerprint density at radius 1 is 0.929 bits per heavy atom. The second-order valence-corrected chi connectivity index (χ2v) is 7.67. The van der Waals surface area contributed by atoms with Gasteiger partial charge in [-0.2, -0.15) is 0 Å². The largest absolute Gasteiger partial charge is 0.458 e. The van der Waals surface area contributed by atoms with Crippen molar-refractivity contribution in [2.24, 2.45) is 14.1 Å². The lowest BCUT2D eigenvalue weighted by atomic mass is 10.00. The molecule has 28 heavy (non-hydrogen) atoms. The number of aryl methyl sites for hydroxylation is 2. The van der Waals surface area contributed by atoms with Crippen LogP contribution in [0, 0.1) is 0 Å². The predicted molar refractivity (Wildman–Crippen MR) is 99.8 cm³/mol. The number of fused-ring (bicyclic) bond motifs is 2. The predicted octanol–water partition coefficient (Wildman–Crippen LogP) is 0.952. The van der Waals surface area contributed by atoms with E-state index in [4.69, 9.17) is 9.47 Å². The average molecular weight is 387 g/mol. The zero-order valence-corrected chi connectivity index (χ0v) is 16.2. The molecule has 2 aromatic rings. The quantitative estimate of drug-likeness (QED) is 0.787. The van der Waals surface area contributed by atoms with Crippen LogP contribution in [0.1, 0.15) is 33.8 Å². The van der Waals surface area contributed by atoms with Gasteiger partial charge in [-0.25, -0.2) is 9.59 Å². The molecule has 150 valence electrons. The molecule has 2 fully saturated rings. The Kier molecular flexibility index (Phi) is 4.76. The van der Waals surface area contributed by atoms with Crippen LogP contribution < -0.4 is 0 Å². The average Bonchev–Trinajstić information content (AvgIpc) is 3.30. The van der Waals surface area contributed by atoms with Crippen molar-refractivity contribution in [3.8, 4) is 0 Å². The first kappa shape index (κ1) is 18.8. The van der Waals surface area contributed by atoms with E-state index in [0.29, 0.717) is 24.2 Å². The van der Waals surface area contributed by atoms with E-state index in [9.17, 15) is 14.7 Å². The molecule has 2 aliphatic rings. The van der Waals surface area contributed by atoms with Crippen molar-refractivity contribution < 1.29 is 24.2 Å². The van der Waals surface area contributed by atoms with Gasteiger partial charge in [-0.3, -0.25) is 4.90 Å². The molecule has 0 unspecified atom stereocenters. The molecular formula is C20H25N3O5. The van der Waals surface area contributed by atoms with Gasteiger partial charge in [-0.05, 0) is 31.3 Å². The van der Waals surface area contributed by atoms with Gasteiger partial charge in [0.25, 0.3) is 0 Å². The first-order valence-electron chi connectivity index (χ1n) is 9.41. The van der Waals surface area contributed by atoms with Crippen molar-refractivity contribution in [1.82, 2.24) is 14.0 Å². The summed E-state index contributed by atoms with van der Waals surface area (Å²) in [7, 11) is 5.47. The number of carbonyl (C=O) groups excluding carboxylic acids is 2.